The van der Waals surface area contributed by atoms with Gasteiger partial charge in [0.2, 0.25) is 5.89 Å². The monoisotopic (exact) mass is 670 g/mol. The minimum absolute atomic E-state index is 0.638. The Hall–Kier alpha value is -6.49. The zero-order chi connectivity index (χ0) is 33.7. The summed E-state index contributed by atoms with van der Waals surface area (Å²) in [4.78, 5) is 7.20. The van der Waals surface area contributed by atoms with Crippen LogP contribution in [0.5, 0.6) is 0 Å². The molecule has 0 aliphatic carbocycles. The second-order valence-electron chi connectivity index (χ2n) is 12.8. The Kier molecular flexibility index (Phi) is 7.00. The number of oxazole rings is 1. The third kappa shape index (κ3) is 5.25. The van der Waals surface area contributed by atoms with E-state index in [2.05, 4.69) is 156 Å². The average Bonchev–Trinajstić information content (AvgIpc) is 3.86. The van der Waals surface area contributed by atoms with Crippen LogP contribution in [0.25, 0.3) is 76.4 Å². The summed E-state index contributed by atoms with van der Waals surface area (Å²) in [6, 6.07) is 62.6. The highest BCUT2D eigenvalue weighted by Crippen LogP contribution is 2.40. The summed E-state index contributed by atoms with van der Waals surface area (Å²) >= 11 is 1.77. The fourth-order valence-corrected chi connectivity index (χ4v) is 7.95. The summed E-state index contributed by atoms with van der Waals surface area (Å²) in [6.45, 7) is 0. The Morgan fingerprint density at radius 1 is 0.451 bits per heavy atom. The van der Waals surface area contributed by atoms with Crippen LogP contribution >= 0.6 is 11.3 Å². The van der Waals surface area contributed by atoms with E-state index in [1.165, 1.54) is 26.6 Å². The zero-order valence-corrected chi connectivity index (χ0v) is 28.3. The molecule has 0 radical (unpaired) electrons. The number of benzene rings is 8. The normalized spacial score (nSPS) is 11.5. The van der Waals surface area contributed by atoms with Gasteiger partial charge in [-0.05, 0) is 122 Å². The largest absolute Gasteiger partial charge is 0.435 e. The molecule has 8 aromatic carbocycles. The molecule has 0 saturated carbocycles. The molecule has 10 aromatic rings. The third-order valence-electron chi connectivity index (χ3n) is 9.76. The molecule has 0 bridgehead atoms. The van der Waals surface area contributed by atoms with E-state index in [-0.39, 0.29) is 0 Å². The van der Waals surface area contributed by atoms with E-state index >= 15 is 0 Å². The lowest BCUT2D eigenvalue weighted by atomic mass is 9.96. The van der Waals surface area contributed by atoms with Crippen molar-refractivity contribution in [2.24, 2.45) is 0 Å². The number of anilines is 3. The van der Waals surface area contributed by atoms with Crippen molar-refractivity contribution in [3.63, 3.8) is 0 Å². The molecule has 0 fully saturated rings. The topological polar surface area (TPSA) is 29.3 Å². The van der Waals surface area contributed by atoms with Gasteiger partial charge < -0.3 is 9.32 Å². The average molecular weight is 671 g/mol. The summed E-state index contributed by atoms with van der Waals surface area (Å²) in [5.41, 5.74) is 10.7. The number of rotatable bonds is 6. The van der Waals surface area contributed by atoms with Crippen LogP contribution in [0.4, 0.5) is 17.1 Å². The molecule has 0 atom stereocenters. The van der Waals surface area contributed by atoms with Crippen LogP contribution in [-0.4, -0.2) is 4.98 Å². The first-order valence-corrected chi connectivity index (χ1v) is 18.0. The molecule has 3 nitrogen and oxygen atoms in total. The van der Waals surface area contributed by atoms with E-state index in [0.29, 0.717) is 5.89 Å². The number of hydrogen-bond acceptors (Lipinski definition) is 4. The minimum Gasteiger partial charge on any atom is -0.435 e. The van der Waals surface area contributed by atoms with Crippen molar-refractivity contribution in [1.29, 1.82) is 0 Å². The first-order valence-electron chi connectivity index (χ1n) is 17.1. The summed E-state index contributed by atoms with van der Waals surface area (Å²) in [5, 5.41) is 7.95. The van der Waals surface area contributed by atoms with Crippen LogP contribution in [0, 0.1) is 0 Å². The van der Waals surface area contributed by atoms with Crippen molar-refractivity contribution in [2.75, 3.05) is 4.90 Å². The molecule has 0 amide bonds. The first-order chi connectivity index (χ1) is 25.2. The van der Waals surface area contributed by atoms with Crippen LogP contribution in [0.3, 0.4) is 0 Å². The second kappa shape index (κ2) is 12.1. The lowest BCUT2D eigenvalue weighted by Crippen LogP contribution is -2.09. The molecule has 4 heteroatoms. The number of aromatic nitrogens is 1. The summed E-state index contributed by atoms with van der Waals surface area (Å²) in [7, 11) is 0. The first kappa shape index (κ1) is 29.4. The molecule has 0 unspecified atom stereocenters. The lowest BCUT2D eigenvalue weighted by Gasteiger charge is -2.26. The van der Waals surface area contributed by atoms with Gasteiger partial charge in [0.1, 0.15) is 5.52 Å². The molecule has 0 spiro atoms. The Balaban J connectivity index is 1.06. The van der Waals surface area contributed by atoms with Crippen molar-refractivity contribution in [1.82, 2.24) is 4.98 Å². The lowest BCUT2D eigenvalue weighted by molar-refractivity contribution is 0.623. The van der Waals surface area contributed by atoms with Crippen LogP contribution in [0.2, 0.25) is 0 Å². The Morgan fingerprint density at radius 3 is 1.78 bits per heavy atom. The van der Waals surface area contributed by atoms with E-state index in [0.717, 1.165) is 61.0 Å². The van der Waals surface area contributed by atoms with E-state index in [4.69, 9.17) is 9.40 Å². The van der Waals surface area contributed by atoms with E-state index in [9.17, 15) is 0 Å². The van der Waals surface area contributed by atoms with Crippen LogP contribution in [0.15, 0.2) is 186 Å². The van der Waals surface area contributed by atoms with Crippen LogP contribution in [-0.2, 0) is 0 Å². The Labute approximate surface area is 299 Å². The van der Waals surface area contributed by atoms with Crippen LogP contribution in [0.1, 0.15) is 0 Å². The van der Waals surface area contributed by atoms with Gasteiger partial charge in [-0.1, -0.05) is 103 Å². The minimum atomic E-state index is 0.638. The van der Waals surface area contributed by atoms with Gasteiger partial charge in [-0.2, -0.15) is 0 Å². The summed E-state index contributed by atoms with van der Waals surface area (Å²) in [5.74, 6) is 0.638. The Bertz CT molecular complexity index is 2840. The molecule has 10 rings (SSSR count). The molecule has 0 aliphatic heterocycles. The van der Waals surface area contributed by atoms with Gasteiger partial charge in [-0.3, -0.25) is 0 Å². The van der Waals surface area contributed by atoms with Crippen molar-refractivity contribution in [3.05, 3.63) is 181 Å². The van der Waals surface area contributed by atoms with Gasteiger partial charge in [-0.25, -0.2) is 4.98 Å². The number of nitrogens with zero attached hydrogens (tertiary/aromatic N) is 2. The van der Waals surface area contributed by atoms with E-state index < -0.39 is 0 Å². The predicted molar refractivity (Wildman–Crippen MR) is 215 cm³/mol. The fraction of sp³-hybridized carbons (Fsp3) is 0. The van der Waals surface area contributed by atoms with E-state index in [1.54, 1.807) is 11.3 Å². The molecule has 240 valence electrons. The third-order valence-corrected chi connectivity index (χ3v) is 10.7. The summed E-state index contributed by atoms with van der Waals surface area (Å²) in [6.07, 6.45) is 0. The predicted octanol–water partition coefficient (Wildman–Crippen LogP) is 13.8. The zero-order valence-electron chi connectivity index (χ0n) is 27.5. The van der Waals surface area contributed by atoms with Gasteiger partial charge >= 0.3 is 0 Å². The maximum absolute atomic E-state index is 6.49. The van der Waals surface area contributed by atoms with Gasteiger partial charge in [0, 0.05) is 32.7 Å². The van der Waals surface area contributed by atoms with Gasteiger partial charge in [0.25, 0.3) is 0 Å². The van der Waals surface area contributed by atoms with Crippen LogP contribution < -0.4 is 4.90 Å². The van der Waals surface area contributed by atoms with Gasteiger partial charge in [0.15, 0.2) is 5.58 Å². The molecule has 0 N–H and O–H groups in total. The standard InChI is InChI=1S/C47H30N2OS/c1-3-7-31(8-4-1)32-15-20-39(21-16-32)49(41-24-26-44-38(29-41)27-28-51-44)40-22-17-33(18-23-40)37-14-12-34-11-13-35-19-25-43-46(45(35)42(34)30-37)50-47(48-43)36-9-5-2-6-10-36/h1-30H. The Morgan fingerprint density at radius 2 is 1.04 bits per heavy atom. The highest BCUT2D eigenvalue weighted by Gasteiger charge is 2.16. The number of thiophene rings is 1. The van der Waals surface area contributed by atoms with Gasteiger partial charge in [0.05, 0.1) is 0 Å². The molecule has 2 aromatic heterocycles. The van der Waals surface area contributed by atoms with Gasteiger partial charge in [-0.15, -0.1) is 11.3 Å². The highest BCUT2D eigenvalue weighted by atomic mass is 32.1. The highest BCUT2D eigenvalue weighted by molar-refractivity contribution is 7.17. The van der Waals surface area contributed by atoms with Crippen molar-refractivity contribution in [2.45, 2.75) is 0 Å². The maximum atomic E-state index is 6.49. The van der Waals surface area contributed by atoms with E-state index in [1.807, 2.05) is 30.3 Å². The van der Waals surface area contributed by atoms with Crippen molar-refractivity contribution in [3.8, 4) is 33.7 Å². The molecule has 0 saturated heterocycles. The maximum Gasteiger partial charge on any atom is 0.227 e. The SMILES string of the molecule is c1ccc(-c2ccc(N(c3ccc(-c4ccc5ccc6ccc7nc(-c8ccccc8)oc7c6c5c4)cc3)c3ccc4sccc4c3)cc2)cc1. The number of hydrogen-bond donors (Lipinski definition) is 0. The molecular formula is C47H30N2OS. The quantitative estimate of drug-likeness (QED) is 0.165. The molecule has 0 aliphatic rings. The molecule has 2 heterocycles. The smallest absolute Gasteiger partial charge is 0.227 e. The van der Waals surface area contributed by atoms with Crippen molar-refractivity contribution >= 4 is 71.1 Å². The number of fused-ring (bicyclic) bond motifs is 6. The second-order valence-corrected chi connectivity index (χ2v) is 13.8. The summed E-state index contributed by atoms with van der Waals surface area (Å²) < 4.78 is 7.77. The van der Waals surface area contributed by atoms with Crippen molar-refractivity contribution < 1.29 is 4.42 Å². The fourth-order valence-electron chi connectivity index (χ4n) is 7.18. The molecule has 51 heavy (non-hydrogen) atoms. The molecular weight excluding hydrogens is 641 g/mol.